The molecular formula is C24H48FN7O8. The van der Waals surface area contributed by atoms with E-state index in [1.165, 1.54) is 0 Å². The molecule has 16 N–H and O–H groups in total. The second kappa shape index (κ2) is 15.4. The molecule has 1 amide bonds. The summed E-state index contributed by atoms with van der Waals surface area (Å²) < 4.78 is 31.7. The minimum Gasteiger partial charge on any atom is -0.390 e. The van der Waals surface area contributed by atoms with Crippen molar-refractivity contribution in [2.45, 2.75) is 105 Å². The maximum atomic E-state index is 14.0. The van der Waals surface area contributed by atoms with E-state index in [2.05, 4.69) is 10.6 Å². The quantitative estimate of drug-likeness (QED) is 0.0959. The number of hydrogen-bond acceptors (Lipinski definition) is 14. The predicted molar refractivity (Wildman–Crippen MR) is 141 cm³/mol. The second-order valence-electron chi connectivity index (χ2n) is 11.0. The molecule has 14 atom stereocenters. The Kier molecular flexibility index (Phi) is 12.8. The van der Waals surface area contributed by atoms with Crippen molar-refractivity contribution in [3.8, 4) is 0 Å². The SMILES string of the molecule is NCCCNC1CCC(CN)OC1C1C(N)CC(NC(=O)C(O)C(F)CN)C(OC2OCC(O)C(N)C2O)C1O. The molecule has 234 valence electrons. The molecule has 2 heterocycles. The van der Waals surface area contributed by atoms with Crippen LogP contribution in [0.15, 0.2) is 0 Å². The van der Waals surface area contributed by atoms with Gasteiger partial charge in [0.1, 0.15) is 18.4 Å². The summed E-state index contributed by atoms with van der Waals surface area (Å²) in [6.07, 6.45) is -9.31. The molecule has 1 saturated carbocycles. The number of amides is 1. The van der Waals surface area contributed by atoms with Crippen LogP contribution in [0.2, 0.25) is 0 Å². The maximum absolute atomic E-state index is 14.0. The van der Waals surface area contributed by atoms with Gasteiger partial charge in [-0.05, 0) is 38.8 Å². The molecule has 0 spiro atoms. The number of carbonyl (C=O) groups is 1. The van der Waals surface area contributed by atoms with Crippen molar-refractivity contribution >= 4 is 5.91 Å². The number of carbonyl (C=O) groups excluding carboxylic acids is 1. The molecule has 3 aliphatic rings. The number of aliphatic hydroxyl groups excluding tert-OH is 4. The first kappa shape index (κ1) is 33.4. The lowest BCUT2D eigenvalue weighted by atomic mass is 9.72. The third-order valence-corrected chi connectivity index (χ3v) is 8.13. The lowest BCUT2D eigenvalue weighted by Gasteiger charge is -2.51. The number of aliphatic hydroxyl groups is 4. The fourth-order valence-corrected chi connectivity index (χ4v) is 5.75. The summed E-state index contributed by atoms with van der Waals surface area (Å²) in [5.41, 5.74) is 29.2. The van der Waals surface area contributed by atoms with Gasteiger partial charge in [0, 0.05) is 31.1 Å². The number of hydrogen-bond donors (Lipinski definition) is 11. The third-order valence-electron chi connectivity index (χ3n) is 8.13. The van der Waals surface area contributed by atoms with E-state index in [-0.39, 0.29) is 31.7 Å². The van der Waals surface area contributed by atoms with Gasteiger partial charge in [0.05, 0.1) is 43.1 Å². The summed E-state index contributed by atoms with van der Waals surface area (Å²) in [6, 6.07) is -3.03. The Morgan fingerprint density at radius 2 is 1.82 bits per heavy atom. The van der Waals surface area contributed by atoms with E-state index in [0.717, 1.165) is 6.42 Å². The first-order valence-corrected chi connectivity index (χ1v) is 14.0. The molecule has 1 aliphatic carbocycles. The van der Waals surface area contributed by atoms with Crippen molar-refractivity contribution < 1.29 is 43.8 Å². The van der Waals surface area contributed by atoms with Gasteiger partial charge in [-0.15, -0.1) is 0 Å². The highest BCUT2D eigenvalue weighted by atomic mass is 19.1. The summed E-state index contributed by atoms with van der Waals surface area (Å²) in [5, 5.41) is 48.2. The first-order chi connectivity index (χ1) is 19.0. The summed E-state index contributed by atoms with van der Waals surface area (Å²) in [4.78, 5) is 12.7. The van der Waals surface area contributed by atoms with Gasteiger partial charge in [0.15, 0.2) is 12.4 Å². The largest absolute Gasteiger partial charge is 0.390 e. The number of nitrogens with one attached hydrogen (secondary N) is 2. The molecule has 16 heteroatoms. The van der Waals surface area contributed by atoms with E-state index in [9.17, 15) is 29.6 Å². The zero-order valence-electron chi connectivity index (χ0n) is 22.6. The average molecular weight is 582 g/mol. The van der Waals surface area contributed by atoms with Crippen LogP contribution < -0.4 is 39.3 Å². The number of alkyl halides is 1. The second-order valence-corrected chi connectivity index (χ2v) is 11.0. The van der Waals surface area contributed by atoms with Crippen LogP contribution in [-0.4, -0.2) is 138 Å². The van der Waals surface area contributed by atoms with Crippen LogP contribution in [0.1, 0.15) is 25.7 Å². The van der Waals surface area contributed by atoms with Crippen LogP contribution in [0, 0.1) is 5.92 Å². The van der Waals surface area contributed by atoms with Crippen molar-refractivity contribution in [3.05, 3.63) is 0 Å². The van der Waals surface area contributed by atoms with Crippen molar-refractivity contribution in [3.63, 3.8) is 0 Å². The zero-order chi connectivity index (χ0) is 29.6. The Balaban J connectivity index is 1.88. The number of halogens is 1. The summed E-state index contributed by atoms with van der Waals surface area (Å²) in [5.74, 6) is -1.78. The highest BCUT2D eigenvalue weighted by Crippen LogP contribution is 2.36. The molecular weight excluding hydrogens is 533 g/mol. The van der Waals surface area contributed by atoms with Crippen LogP contribution in [0.25, 0.3) is 0 Å². The number of ether oxygens (including phenoxy) is 3. The Morgan fingerprint density at radius 1 is 1.10 bits per heavy atom. The molecule has 0 radical (unpaired) electrons. The molecule has 15 nitrogen and oxygen atoms in total. The molecule has 2 saturated heterocycles. The maximum Gasteiger partial charge on any atom is 0.252 e. The van der Waals surface area contributed by atoms with E-state index in [0.29, 0.717) is 25.9 Å². The Bertz CT molecular complexity index is 792. The van der Waals surface area contributed by atoms with Crippen LogP contribution in [0.5, 0.6) is 0 Å². The number of rotatable bonds is 12. The molecule has 3 fully saturated rings. The van der Waals surface area contributed by atoms with E-state index >= 15 is 0 Å². The van der Waals surface area contributed by atoms with Gasteiger partial charge in [0.25, 0.3) is 5.91 Å². The van der Waals surface area contributed by atoms with E-state index in [4.69, 9.17) is 42.9 Å². The van der Waals surface area contributed by atoms with Gasteiger partial charge in [-0.1, -0.05) is 0 Å². The lowest BCUT2D eigenvalue weighted by Crippen LogP contribution is -2.69. The van der Waals surface area contributed by atoms with Gasteiger partial charge >= 0.3 is 0 Å². The Labute approximate surface area is 233 Å². The van der Waals surface area contributed by atoms with Crippen LogP contribution in [0.3, 0.4) is 0 Å². The predicted octanol–water partition coefficient (Wildman–Crippen LogP) is -5.56. The van der Waals surface area contributed by atoms with Gasteiger partial charge in [-0.3, -0.25) is 4.79 Å². The first-order valence-electron chi connectivity index (χ1n) is 14.0. The summed E-state index contributed by atoms with van der Waals surface area (Å²) >= 11 is 0. The molecule has 0 bridgehead atoms. The Morgan fingerprint density at radius 3 is 2.48 bits per heavy atom. The average Bonchev–Trinajstić information content (AvgIpc) is 2.94. The minimum atomic E-state index is -2.06. The van der Waals surface area contributed by atoms with Crippen molar-refractivity contribution in [1.82, 2.24) is 10.6 Å². The molecule has 0 aromatic heterocycles. The highest BCUT2D eigenvalue weighted by molar-refractivity contribution is 5.81. The molecule has 2 aliphatic heterocycles. The molecule has 14 unspecified atom stereocenters. The van der Waals surface area contributed by atoms with Crippen LogP contribution in [0.4, 0.5) is 4.39 Å². The monoisotopic (exact) mass is 581 g/mol. The van der Waals surface area contributed by atoms with Gasteiger partial charge < -0.3 is 73.9 Å². The van der Waals surface area contributed by atoms with E-state index < -0.39 is 85.6 Å². The summed E-state index contributed by atoms with van der Waals surface area (Å²) in [7, 11) is 0. The molecule has 0 aromatic rings. The van der Waals surface area contributed by atoms with Crippen molar-refractivity contribution in [1.29, 1.82) is 0 Å². The van der Waals surface area contributed by atoms with Gasteiger partial charge in [-0.2, -0.15) is 0 Å². The van der Waals surface area contributed by atoms with Crippen LogP contribution in [-0.2, 0) is 19.0 Å². The lowest BCUT2D eigenvalue weighted by molar-refractivity contribution is -0.282. The molecule has 3 rings (SSSR count). The van der Waals surface area contributed by atoms with Crippen LogP contribution >= 0.6 is 0 Å². The molecule has 40 heavy (non-hydrogen) atoms. The zero-order valence-corrected chi connectivity index (χ0v) is 22.6. The number of nitrogens with two attached hydrogens (primary N) is 5. The summed E-state index contributed by atoms with van der Waals surface area (Å²) in [6.45, 7) is 0.577. The van der Waals surface area contributed by atoms with Crippen molar-refractivity contribution in [2.75, 3.05) is 32.8 Å². The highest BCUT2D eigenvalue weighted by Gasteiger charge is 2.52. The Hall–Kier alpha value is -1.12. The van der Waals surface area contributed by atoms with Crippen molar-refractivity contribution in [2.24, 2.45) is 34.6 Å². The third kappa shape index (κ3) is 7.83. The fourth-order valence-electron chi connectivity index (χ4n) is 5.75. The fraction of sp³-hybridized carbons (Fsp3) is 0.958. The topological polar surface area (TPSA) is 280 Å². The minimum absolute atomic E-state index is 0.0462. The standard InChI is InChI=1S/C24H48FN7O8/c25-11(8-28)18(34)23(37)32-14-6-12(29)16(21-13(31-5-1-4-26)3-2-10(7-27)39-21)19(35)22(14)40-24-20(36)17(30)15(33)9-38-24/h10-22,24,31,33-36H,1-9,26-30H2,(H,32,37). The normalized spacial score (nSPS) is 42.2. The van der Waals surface area contributed by atoms with Gasteiger partial charge in [-0.25, -0.2) is 4.39 Å². The van der Waals surface area contributed by atoms with E-state index in [1.807, 2.05) is 0 Å². The van der Waals surface area contributed by atoms with E-state index in [1.54, 1.807) is 0 Å². The smallest absolute Gasteiger partial charge is 0.252 e. The molecule has 0 aromatic carbocycles. The van der Waals surface area contributed by atoms with Gasteiger partial charge in [0.2, 0.25) is 0 Å².